The molecule has 0 aromatic rings. The van der Waals surface area contributed by atoms with Crippen molar-refractivity contribution in [2.45, 2.75) is 38.6 Å². The van der Waals surface area contributed by atoms with Gasteiger partial charge in [-0.3, -0.25) is 9.59 Å². The fourth-order valence-corrected chi connectivity index (χ4v) is 1.73. The van der Waals surface area contributed by atoms with Crippen molar-refractivity contribution < 1.29 is 14.8 Å². The van der Waals surface area contributed by atoms with Crippen molar-refractivity contribution >= 4 is 17.6 Å². The molecule has 1 fully saturated rings. The normalized spacial score (nSPS) is 18.6. The molecule has 0 aliphatic heterocycles. The van der Waals surface area contributed by atoms with Crippen LogP contribution in [0.15, 0.2) is 5.16 Å². The Hall–Kier alpha value is -1.79. The van der Waals surface area contributed by atoms with Gasteiger partial charge < -0.3 is 22.0 Å². The summed E-state index contributed by atoms with van der Waals surface area (Å²) in [4.78, 5) is 22.8. The number of carbonyl (C=O) groups is 2. The summed E-state index contributed by atoms with van der Waals surface area (Å²) >= 11 is 0. The molecule has 0 aromatic heterocycles. The topological polar surface area (TPSA) is 131 Å². The number of amides is 2. The number of nitrogens with zero attached hydrogens (tertiary/aromatic N) is 1. The quantitative estimate of drug-likeness (QED) is 0.219. The van der Waals surface area contributed by atoms with E-state index in [4.69, 9.17) is 16.7 Å². The lowest BCUT2D eigenvalue weighted by molar-refractivity contribution is -0.126. The zero-order chi connectivity index (χ0) is 13.3. The van der Waals surface area contributed by atoms with Crippen molar-refractivity contribution in [2.75, 3.05) is 0 Å². The largest absolute Gasteiger partial charge is 0.409 e. The predicted molar refractivity (Wildman–Crippen MR) is 61.1 cm³/mol. The molecular formula is C10H18N4O3. The molecule has 1 aliphatic carbocycles. The first-order valence-electron chi connectivity index (χ1n) is 5.32. The van der Waals surface area contributed by atoms with E-state index in [0.29, 0.717) is 12.8 Å². The van der Waals surface area contributed by atoms with Crippen molar-refractivity contribution in [3.63, 3.8) is 0 Å². The van der Waals surface area contributed by atoms with Gasteiger partial charge in [0.15, 0.2) is 5.84 Å². The average Bonchev–Trinajstić information content (AvgIpc) is 2.94. The molecule has 17 heavy (non-hydrogen) atoms. The van der Waals surface area contributed by atoms with E-state index in [1.165, 1.54) is 0 Å². The van der Waals surface area contributed by atoms with Crippen molar-refractivity contribution in [3.05, 3.63) is 0 Å². The molecule has 0 saturated heterocycles. The molecule has 0 atom stereocenters. The highest BCUT2D eigenvalue weighted by molar-refractivity contribution is 6.09. The first-order valence-corrected chi connectivity index (χ1v) is 5.32. The Bertz CT molecular complexity index is 372. The molecule has 1 aliphatic rings. The second kappa shape index (κ2) is 4.23. The lowest BCUT2D eigenvalue weighted by Crippen LogP contribution is -2.51. The van der Waals surface area contributed by atoms with E-state index in [2.05, 4.69) is 10.5 Å². The van der Waals surface area contributed by atoms with Crippen LogP contribution >= 0.6 is 0 Å². The van der Waals surface area contributed by atoms with E-state index in [1.807, 2.05) is 0 Å². The van der Waals surface area contributed by atoms with Crippen LogP contribution < -0.4 is 16.8 Å². The van der Waals surface area contributed by atoms with Gasteiger partial charge in [-0.2, -0.15) is 0 Å². The SMILES string of the molecule is CC(C)(CC(N)=O)NC(=O)C1(C(N)=NO)CC1. The van der Waals surface area contributed by atoms with Crippen molar-refractivity contribution in [1.29, 1.82) is 0 Å². The van der Waals surface area contributed by atoms with Gasteiger partial charge >= 0.3 is 0 Å². The Kier molecular flexibility index (Phi) is 3.30. The lowest BCUT2D eigenvalue weighted by atomic mass is 9.97. The number of primary amides is 1. The van der Waals surface area contributed by atoms with E-state index in [1.54, 1.807) is 13.8 Å². The van der Waals surface area contributed by atoms with E-state index < -0.39 is 16.9 Å². The summed E-state index contributed by atoms with van der Waals surface area (Å²) in [5.74, 6) is -0.923. The molecule has 2 amide bonds. The van der Waals surface area contributed by atoms with Crippen LogP contribution in [-0.4, -0.2) is 28.4 Å². The maximum absolute atomic E-state index is 12.0. The minimum Gasteiger partial charge on any atom is -0.409 e. The Labute approximate surface area is 99.2 Å². The van der Waals surface area contributed by atoms with Gasteiger partial charge in [0.25, 0.3) is 0 Å². The van der Waals surface area contributed by atoms with Crippen LogP contribution in [0.2, 0.25) is 0 Å². The number of hydrogen-bond donors (Lipinski definition) is 4. The first kappa shape index (κ1) is 13.3. The molecule has 0 aromatic carbocycles. The lowest BCUT2D eigenvalue weighted by Gasteiger charge is -2.27. The van der Waals surface area contributed by atoms with Crippen LogP contribution in [-0.2, 0) is 9.59 Å². The molecule has 0 bridgehead atoms. The second-order valence-corrected chi connectivity index (χ2v) is 5.05. The fraction of sp³-hybridized carbons (Fsp3) is 0.700. The number of carbonyl (C=O) groups excluding carboxylic acids is 2. The van der Waals surface area contributed by atoms with Crippen LogP contribution in [0.5, 0.6) is 0 Å². The number of rotatable bonds is 5. The maximum atomic E-state index is 12.0. The maximum Gasteiger partial charge on any atom is 0.234 e. The fourth-order valence-electron chi connectivity index (χ4n) is 1.73. The van der Waals surface area contributed by atoms with E-state index in [-0.39, 0.29) is 18.2 Å². The average molecular weight is 242 g/mol. The number of hydrogen-bond acceptors (Lipinski definition) is 4. The summed E-state index contributed by atoms with van der Waals surface area (Å²) < 4.78 is 0. The standard InChI is InChI=1S/C10H18N4O3/c1-9(2,5-6(11)15)13-8(16)10(3-4-10)7(12)14-17/h17H,3-5H2,1-2H3,(H2,11,15)(H2,12,14)(H,13,16). The molecule has 0 heterocycles. The van der Waals surface area contributed by atoms with Crippen LogP contribution in [0.25, 0.3) is 0 Å². The highest BCUT2D eigenvalue weighted by Crippen LogP contribution is 2.46. The highest BCUT2D eigenvalue weighted by Gasteiger charge is 2.55. The predicted octanol–water partition coefficient (Wildman–Crippen LogP) is -0.717. The smallest absolute Gasteiger partial charge is 0.234 e. The first-order chi connectivity index (χ1) is 7.73. The Morgan fingerprint density at radius 2 is 1.94 bits per heavy atom. The molecule has 0 unspecified atom stereocenters. The zero-order valence-corrected chi connectivity index (χ0v) is 9.99. The van der Waals surface area contributed by atoms with Crippen molar-refractivity contribution in [3.8, 4) is 0 Å². The zero-order valence-electron chi connectivity index (χ0n) is 9.99. The third kappa shape index (κ3) is 2.86. The van der Waals surface area contributed by atoms with Gasteiger partial charge in [-0.15, -0.1) is 0 Å². The summed E-state index contributed by atoms with van der Waals surface area (Å²) in [6.45, 7) is 3.38. The van der Waals surface area contributed by atoms with Gasteiger partial charge in [-0.05, 0) is 26.7 Å². The van der Waals surface area contributed by atoms with Crippen LogP contribution in [0.3, 0.4) is 0 Å². The molecule has 7 heteroatoms. The number of amidine groups is 1. The van der Waals surface area contributed by atoms with E-state index >= 15 is 0 Å². The third-order valence-electron chi connectivity index (χ3n) is 2.85. The highest BCUT2D eigenvalue weighted by atomic mass is 16.4. The number of oxime groups is 1. The monoisotopic (exact) mass is 242 g/mol. The van der Waals surface area contributed by atoms with E-state index in [0.717, 1.165) is 0 Å². The van der Waals surface area contributed by atoms with Crippen molar-refractivity contribution in [2.24, 2.45) is 22.0 Å². The summed E-state index contributed by atoms with van der Waals surface area (Å²) in [5.41, 5.74) is 8.91. The molecule has 6 N–H and O–H groups in total. The van der Waals surface area contributed by atoms with Gasteiger partial charge in [0.1, 0.15) is 5.41 Å². The van der Waals surface area contributed by atoms with Gasteiger partial charge in [0.2, 0.25) is 11.8 Å². The van der Waals surface area contributed by atoms with Gasteiger partial charge in [0.05, 0.1) is 0 Å². The number of nitrogens with one attached hydrogen (secondary N) is 1. The Balaban J connectivity index is 2.70. The van der Waals surface area contributed by atoms with Gasteiger partial charge in [-0.25, -0.2) is 0 Å². The molecule has 1 rings (SSSR count). The molecule has 1 saturated carbocycles. The summed E-state index contributed by atoms with van der Waals surface area (Å²) in [6, 6.07) is 0. The third-order valence-corrected chi connectivity index (χ3v) is 2.85. The van der Waals surface area contributed by atoms with Crippen LogP contribution in [0.4, 0.5) is 0 Å². The van der Waals surface area contributed by atoms with Crippen molar-refractivity contribution in [1.82, 2.24) is 5.32 Å². The summed E-state index contributed by atoms with van der Waals surface area (Å²) in [7, 11) is 0. The summed E-state index contributed by atoms with van der Waals surface area (Å²) in [6.07, 6.45) is 1.12. The second-order valence-electron chi connectivity index (χ2n) is 5.05. The molecule has 96 valence electrons. The van der Waals surface area contributed by atoms with Crippen LogP contribution in [0, 0.1) is 5.41 Å². The van der Waals surface area contributed by atoms with Gasteiger partial charge in [0, 0.05) is 12.0 Å². The summed E-state index contributed by atoms with van der Waals surface area (Å²) in [5, 5.41) is 14.2. The minimum atomic E-state index is -0.913. The molecular weight excluding hydrogens is 224 g/mol. The molecule has 0 radical (unpaired) electrons. The number of nitrogens with two attached hydrogens (primary N) is 2. The van der Waals surface area contributed by atoms with Crippen LogP contribution in [0.1, 0.15) is 33.1 Å². The molecule has 0 spiro atoms. The van der Waals surface area contributed by atoms with E-state index in [9.17, 15) is 9.59 Å². The Morgan fingerprint density at radius 3 is 2.29 bits per heavy atom. The Morgan fingerprint density at radius 1 is 1.41 bits per heavy atom. The van der Waals surface area contributed by atoms with Gasteiger partial charge in [-0.1, -0.05) is 5.16 Å². The molecule has 7 nitrogen and oxygen atoms in total. The minimum absolute atomic E-state index is 0.0327.